The van der Waals surface area contributed by atoms with Gasteiger partial charge in [0.1, 0.15) is 11.3 Å². The second kappa shape index (κ2) is 8.30. The number of fused-ring (bicyclic) bond motifs is 1. The highest BCUT2D eigenvalue weighted by atomic mass is 35.5. The number of benzene rings is 1. The summed E-state index contributed by atoms with van der Waals surface area (Å²) in [5.41, 5.74) is 1.19. The van der Waals surface area contributed by atoms with Gasteiger partial charge < -0.3 is 10.2 Å². The number of unbranched alkanes of at least 4 members (excludes halogenated alkanes) is 1. The van der Waals surface area contributed by atoms with Gasteiger partial charge in [-0.3, -0.25) is 0 Å². The number of nitrogens with zero attached hydrogens (tertiary/aromatic N) is 4. The van der Waals surface area contributed by atoms with Gasteiger partial charge in [0.05, 0.1) is 10.4 Å². The molecule has 1 N–H and O–H groups in total. The normalized spacial score (nSPS) is 15.2. The summed E-state index contributed by atoms with van der Waals surface area (Å²) in [6.45, 7) is 5.42. The molecule has 29 heavy (non-hydrogen) atoms. The van der Waals surface area contributed by atoms with E-state index in [1.54, 1.807) is 30.5 Å². The van der Waals surface area contributed by atoms with Gasteiger partial charge in [-0.2, -0.15) is 0 Å². The van der Waals surface area contributed by atoms with Crippen LogP contribution in [-0.2, 0) is 16.4 Å². The first-order valence-electron chi connectivity index (χ1n) is 9.85. The lowest BCUT2D eigenvalue weighted by Gasteiger charge is -2.28. The van der Waals surface area contributed by atoms with E-state index in [0.29, 0.717) is 28.3 Å². The summed E-state index contributed by atoms with van der Waals surface area (Å²) >= 11 is 6.07. The van der Waals surface area contributed by atoms with Crippen molar-refractivity contribution in [2.24, 2.45) is 0 Å². The number of halogens is 1. The van der Waals surface area contributed by atoms with Crippen molar-refractivity contribution in [3.05, 3.63) is 47.4 Å². The minimum Gasteiger partial charge on any atom is -0.352 e. The third-order valence-electron chi connectivity index (χ3n) is 5.08. The average molecular weight is 434 g/mol. The van der Waals surface area contributed by atoms with Crippen LogP contribution in [0, 0.1) is 0 Å². The fraction of sp³-hybridized carbons (Fsp3) is 0.400. The van der Waals surface area contributed by atoms with Gasteiger partial charge in [-0.05, 0) is 30.7 Å². The molecule has 4 rings (SSSR count). The molecule has 1 aliphatic heterocycles. The summed E-state index contributed by atoms with van der Waals surface area (Å²) in [6, 6.07) is 8.08. The van der Waals surface area contributed by atoms with Gasteiger partial charge in [-0.15, -0.1) is 0 Å². The highest BCUT2D eigenvalue weighted by Gasteiger charge is 2.27. The third-order valence-corrected chi connectivity index (χ3v) is 7.06. The molecule has 0 amide bonds. The Morgan fingerprint density at radius 3 is 2.72 bits per heavy atom. The summed E-state index contributed by atoms with van der Waals surface area (Å²) < 4.78 is 28.5. The smallest absolute Gasteiger partial charge is 0.269 e. The molecule has 1 saturated heterocycles. The molecule has 154 valence electrons. The van der Waals surface area contributed by atoms with Crippen LogP contribution in [0.1, 0.15) is 25.6 Å². The van der Waals surface area contributed by atoms with Gasteiger partial charge in [0.25, 0.3) is 10.0 Å². The lowest BCUT2D eigenvalue weighted by Crippen LogP contribution is -2.44. The van der Waals surface area contributed by atoms with Crippen LogP contribution < -0.4 is 10.2 Å². The number of piperazine rings is 1. The molecule has 1 fully saturated rings. The van der Waals surface area contributed by atoms with E-state index < -0.39 is 10.0 Å². The Morgan fingerprint density at radius 2 is 2.00 bits per heavy atom. The molecule has 0 radical (unpaired) electrons. The van der Waals surface area contributed by atoms with Gasteiger partial charge in [0, 0.05) is 43.8 Å². The molecular weight excluding hydrogens is 410 g/mol. The molecule has 1 aliphatic rings. The highest BCUT2D eigenvalue weighted by molar-refractivity contribution is 7.90. The van der Waals surface area contributed by atoms with Gasteiger partial charge in [0.2, 0.25) is 0 Å². The van der Waals surface area contributed by atoms with Crippen LogP contribution in [0.25, 0.3) is 11.0 Å². The number of nitrogens with one attached hydrogen (secondary N) is 1. The van der Waals surface area contributed by atoms with Crippen LogP contribution in [-0.4, -0.2) is 48.5 Å². The van der Waals surface area contributed by atoms with E-state index in [1.165, 1.54) is 10.0 Å². The molecule has 0 aliphatic carbocycles. The van der Waals surface area contributed by atoms with E-state index in [4.69, 9.17) is 16.6 Å². The van der Waals surface area contributed by atoms with E-state index in [9.17, 15) is 8.42 Å². The number of aryl methyl sites for hydroxylation is 1. The third kappa shape index (κ3) is 3.84. The number of aromatic nitrogens is 3. The van der Waals surface area contributed by atoms with Gasteiger partial charge >= 0.3 is 0 Å². The Balaban J connectivity index is 1.92. The van der Waals surface area contributed by atoms with Crippen LogP contribution in [0.15, 0.2) is 41.4 Å². The van der Waals surface area contributed by atoms with Crippen molar-refractivity contribution >= 4 is 38.5 Å². The lowest BCUT2D eigenvalue weighted by atomic mass is 10.2. The van der Waals surface area contributed by atoms with Crippen molar-refractivity contribution in [1.82, 2.24) is 19.3 Å². The largest absolute Gasteiger partial charge is 0.352 e. The van der Waals surface area contributed by atoms with Crippen LogP contribution in [0.3, 0.4) is 0 Å². The van der Waals surface area contributed by atoms with E-state index in [1.807, 2.05) is 0 Å². The lowest BCUT2D eigenvalue weighted by molar-refractivity contribution is 0.584. The average Bonchev–Trinajstić information content (AvgIpc) is 3.12. The summed E-state index contributed by atoms with van der Waals surface area (Å²) in [4.78, 5) is 11.6. The first-order valence-corrected chi connectivity index (χ1v) is 11.7. The van der Waals surface area contributed by atoms with Gasteiger partial charge in [0.15, 0.2) is 5.82 Å². The number of rotatable bonds is 6. The van der Waals surface area contributed by atoms with Crippen LogP contribution in [0.4, 0.5) is 5.82 Å². The molecule has 0 spiro atoms. The molecule has 0 bridgehead atoms. The molecule has 7 nitrogen and oxygen atoms in total. The number of hydrogen-bond donors (Lipinski definition) is 1. The number of pyridine rings is 1. The molecule has 3 heterocycles. The van der Waals surface area contributed by atoms with E-state index >= 15 is 0 Å². The standard InChI is InChI=1S/C20H24ClN5O2S/c1-2-3-7-18-24-19-17(8-9-23-20(19)25-12-10-22-11-13-25)26(18)29(27,28)16-6-4-5-15(21)14-16/h4-6,8-9,14,22H,2-3,7,10-13H2,1H3. The maximum atomic E-state index is 13.6. The van der Waals surface area contributed by atoms with Crippen LogP contribution >= 0.6 is 11.6 Å². The maximum Gasteiger partial charge on any atom is 0.269 e. The minimum atomic E-state index is -3.84. The summed E-state index contributed by atoms with van der Waals surface area (Å²) in [7, 11) is -3.84. The molecular formula is C20H24ClN5O2S. The second-order valence-corrected chi connectivity index (χ2v) is 9.32. The van der Waals surface area contributed by atoms with Crippen molar-refractivity contribution in [3.63, 3.8) is 0 Å². The highest BCUT2D eigenvalue weighted by Crippen LogP contribution is 2.30. The van der Waals surface area contributed by atoms with Crippen LogP contribution in [0.5, 0.6) is 0 Å². The SMILES string of the molecule is CCCCc1nc2c(N3CCNCC3)nccc2n1S(=O)(=O)c1cccc(Cl)c1. The zero-order chi connectivity index (χ0) is 20.4. The zero-order valence-corrected chi connectivity index (χ0v) is 17.9. The summed E-state index contributed by atoms with van der Waals surface area (Å²) in [6.07, 6.45) is 4.04. The topological polar surface area (TPSA) is 80.1 Å². The first kappa shape index (κ1) is 20.1. The fourth-order valence-electron chi connectivity index (χ4n) is 3.62. The molecule has 1 aromatic carbocycles. The van der Waals surface area contributed by atoms with Gasteiger partial charge in [-0.1, -0.05) is 31.0 Å². The predicted molar refractivity (Wildman–Crippen MR) is 115 cm³/mol. The molecule has 0 unspecified atom stereocenters. The fourth-order valence-corrected chi connectivity index (χ4v) is 5.43. The minimum absolute atomic E-state index is 0.155. The van der Waals surface area contributed by atoms with Crippen molar-refractivity contribution in [2.75, 3.05) is 31.1 Å². The molecule has 2 aromatic heterocycles. The van der Waals surface area contributed by atoms with E-state index in [-0.39, 0.29) is 4.90 Å². The van der Waals surface area contributed by atoms with Crippen molar-refractivity contribution < 1.29 is 8.42 Å². The first-order chi connectivity index (χ1) is 14.0. The quantitative estimate of drug-likeness (QED) is 0.643. The molecule has 3 aromatic rings. The number of hydrogen-bond acceptors (Lipinski definition) is 6. The summed E-state index contributed by atoms with van der Waals surface area (Å²) in [5.74, 6) is 1.27. The monoisotopic (exact) mass is 433 g/mol. The Morgan fingerprint density at radius 1 is 1.21 bits per heavy atom. The molecule has 0 atom stereocenters. The zero-order valence-electron chi connectivity index (χ0n) is 16.3. The van der Waals surface area contributed by atoms with Crippen molar-refractivity contribution in [1.29, 1.82) is 0 Å². The maximum absolute atomic E-state index is 13.6. The molecule has 0 saturated carbocycles. The Hall–Kier alpha value is -2.16. The van der Waals surface area contributed by atoms with Crippen LogP contribution in [0.2, 0.25) is 5.02 Å². The van der Waals surface area contributed by atoms with Crippen molar-refractivity contribution in [2.45, 2.75) is 31.1 Å². The number of imidazole rings is 1. The second-order valence-electron chi connectivity index (χ2n) is 7.10. The van der Waals surface area contributed by atoms with Gasteiger partial charge in [-0.25, -0.2) is 22.4 Å². The van der Waals surface area contributed by atoms with E-state index in [2.05, 4.69) is 22.1 Å². The molecule has 9 heteroatoms. The predicted octanol–water partition coefficient (Wildman–Crippen LogP) is 3.07. The Bertz CT molecular complexity index is 1120. The Kier molecular flexibility index (Phi) is 5.76. The van der Waals surface area contributed by atoms with Crippen molar-refractivity contribution in [3.8, 4) is 0 Å². The summed E-state index contributed by atoms with van der Waals surface area (Å²) in [5, 5.41) is 3.71. The number of anilines is 1. The van der Waals surface area contributed by atoms with E-state index in [0.717, 1.165) is 44.8 Å². The Labute approximate surface area is 175 Å².